The van der Waals surface area contributed by atoms with Crippen molar-refractivity contribution in [1.82, 2.24) is 25.4 Å². The van der Waals surface area contributed by atoms with Crippen LogP contribution in [-0.2, 0) is 20.0 Å². The molecular formula is C15H25IN6S. The van der Waals surface area contributed by atoms with Crippen LogP contribution >= 0.6 is 35.3 Å². The number of hydrogen-bond acceptors (Lipinski definition) is 4. The molecule has 6 nitrogen and oxygen atoms in total. The topological polar surface area (TPSA) is 67.1 Å². The summed E-state index contributed by atoms with van der Waals surface area (Å²) in [5.41, 5.74) is 2.37. The lowest BCUT2D eigenvalue weighted by molar-refractivity contribution is 0.763. The van der Waals surface area contributed by atoms with Gasteiger partial charge in [-0.25, -0.2) is 4.98 Å². The Morgan fingerprint density at radius 3 is 2.74 bits per heavy atom. The third-order valence-corrected chi connectivity index (χ3v) is 4.12. The van der Waals surface area contributed by atoms with E-state index in [-0.39, 0.29) is 24.0 Å². The molecule has 2 aromatic heterocycles. The molecule has 2 rings (SSSR count). The molecule has 0 aliphatic rings. The first-order valence-electron chi connectivity index (χ1n) is 7.45. The van der Waals surface area contributed by atoms with Crippen LogP contribution in [-0.4, -0.2) is 34.3 Å². The van der Waals surface area contributed by atoms with E-state index >= 15 is 0 Å². The molecule has 8 heteroatoms. The maximum Gasteiger partial charge on any atom is 0.191 e. The van der Waals surface area contributed by atoms with Crippen molar-refractivity contribution >= 4 is 41.3 Å². The third kappa shape index (κ3) is 6.46. The first-order valence-corrected chi connectivity index (χ1v) is 8.32. The summed E-state index contributed by atoms with van der Waals surface area (Å²) in [5.74, 6) is 1.27. The fourth-order valence-electron chi connectivity index (χ4n) is 1.98. The van der Waals surface area contributed by atoms with Gasteiger partial charge in [-0.1, -0.05) is 13.8 Å². The lowest BCUT2D eigenvalue weighted by atomic mass is 10.2. The molecule has 0 radical (unpaired) electrons. The molecule has 23 heavy (non-hydrogen) atoms. The third-order valence-electron chi connectivity index (χ3n) is 3.26. The van der Waals surface area contributed by atoms with Crippen LogP contribution < -0.4 is 10.6 Å². The van der Waals surface area contributed by atoms with Crippen LogP contribution in [0.15, 0.2) is 22.8 Å². The Balaban J connectivity index is 0.00000264. The Bertz CT molecular complexity index is 619. The van der Waals surface area contributed by atoms with Crippen LogP contribution in [0.5, 0.6) is 0 Å². The zero-order valence-corrected chi connectivity index (χ0v) is 17.2. The molecule has 0 aliphatic heterocycles. The van der Waals surface area contributed by atoms with E-state index < -0.39 is 0 Å². The molecule has 2 aromatic rings. The van der Waals surface area contributed by atoms with Gasteiger partial charge < -0.3 is 10.6 Å². The van der Waals surface area contributed by atoms with Crippen LogP contribution in [0, 0.1) is 0 Å². The minimum absolute atomic E-state index is 0. The van der Waals surface area contributed by atoms with Gasteiger partial charge in [-0.15, -0.1) is 35.3 Å². The molecule has 2 N–H and O–H groups in total. The van der Waals surface area contributed by atoms with E-state index in [0.29, 0.717) is 12.5 Å². The Morgan fingerprint density at radius 1 is 1.39 bits per heavy atom. The minimum atomic E-state index is 0. The van der Waals surface area contributed by atoms with Gasteiger partial charge in [0.1, 0.15) is 5.01 Å². The molecule has 0 spiro atoms. The first-order chi connectivity index (χ1) is 10.6. The summed E-state index contributed by atoms with van der Waals surface area (Å²) in [4.78, 5) is 8.84. The number of nitrogens with one attached hydrogen (secondary N) is 2. The van der Waals surface area contributed by atoms with Crippen molar-refractivity contribution in [2.75, 3.05) is 13.6 Å². The van der Waals surface area contributed by atoms with Gasteiger partial charge in [0, 0.05) is 32.2 Å². The van der Waals surface area contributed by atoms with E-state index in [1.165, 1.54) is 5.56 Å². The summed E-state index contributed by atoms with van der Waals surface area (Å²) in [6.45, 7) is 5.83. The molecule has 0 atom stereocenters. The predicted octanol–water partition coefficient (Wildman–Crippen LogP) is 2.53. The number of halogens is 1. The highest BCUT2D eigenvalue weighted by atomic mass is 127. The van der Waals surface area contributed by atoms with Gasteiger partial charge in [0.15, 0.2) is 5.96 Å². The monoisotopic (exact) mass is 448 g/mol. The maximum atomic E-state index is 4.61. The van der Waals surface area contributed by atoms with E-state index in [1.54, 1.807) is 18.4 Å². The molecule has 0 bridgehead atoms. The SMILES string of the molecule is CN=C(NCCc1cnn(C)c1)NCc1nc(C(C)C)cs1.I. The molecule has 128 valence electrons. The van der Waals surface area contributed by atoms with Crippen molar-refractivity contribution in [2.24, 2.45) is 12.0 Å². The Labute approximate surface area is 158 Å². The van der Waals surface area contributed by atoms with Gasteiger partial charge in [0.05, 0.1) is 18.4 Å². The van der Waals surface area contributed by atoms with Gasteiger partial charge in [0.2, 0.25) is 0 Å². The van der Waals surface area contributed by atoms with Gasteiger partial charge in [-0.3, -0.25) is 9.67 Å². The minimum Gasteiger partial charge on any atom is -0.356 e. The normalized spacial score (nSPS) is 11.4. The van der Waals surface area contributed by atoms with E-state index in [4.69, 9.17) is 0 Å². The molecule has 2 heterocycles. The molecule has 0 aromatic carbocycles. The van der Waals surface area contributed by atoms with E-state index in [9.17, 15) is 0 Å². The van der Waals surface area contributed by atoms with Gasteiger partial charge in [0.25, 0.3) is 0 Å². The number of aryl methyl sites for hydroxylation is 1. The second-order valence-electron chi connectivity index (χ2n) is 5.45. The highest BCUT2D eigenvalue weighted by Gasteiger charge is 2.06. The molecule has 0 saturated heterocycles. The number of aromatic nitrogens is 3. The number of thiazole rings is 1. The van der Waals surface area contributed by atoms with Crippen molar-refractivity contribution in [3.63, 3.8) is 0 Å². The highest BCUT2D eigenvalue weighted by molar-refractivity contribution is 14.0. The highest BCUT2D eigenvalue weighted by Crippen LogP contribution is 2.17. The molecule has 0 fully saturated rings. The average Bonchev–Trinajstić information content (AvgIpc) is 3.11. The quantitative estimate of drug-likeness (QED) is 0.405. The first kappa shape index (κ1) is 19.9. The van der Waals surface area contributed by atoms with Crippen molar-refractivity contribution < 1.29 is 0 Å². The fraction of sp³-hybridized carbons (Fsp3) is 0.533. The summed E-state index contributed by atoms with van der Waals surface area (Å²) < 4.78 is 1.82. The van der Waals surface area contributed by atoms with Gasteiger partial charge in [-0.05, 0) is 17.9 Å². The summed E-state index contributed by atoms with van der Waals surface area (Å²) in [6.07, 6.45) is 4.84. The smallest absolute Gasteiger partial charge is 0.191 e. The average molecular weight is 448 g/mol. The van der Waals surface area contributed by atoms with Crippen molar-refractivity contribution in [2.45, 2.75) is 32.7 Å². The maximum absolute atomic E-state index is 4.61. The lowest BCUT2D eigenvalue weighted by Gasteiger charge is -2.10. The standard InChI is InChI=1S/C15H24N6S.HI/c1-11(2)13-10-22-14(20-13)8-18-15(16-3)17-6-5-12-7-19-21(4)9-12;/h7,9-11H,5-6,8H2,1-4H3,(H2,16,17,18);1H. The Hall–Kier alpha value is -1.16. The molecule has 0 aliphatic carbocycles. The largest absolute Gasteiger partial charge is 0.356 e. The zero-order valence-electron chi connectivity index (χ0n) is 14.0. The van der Waals surface area contributed by atoms with E-state index in [0.717, 1.165) is 29.6 Å². The summed E-state index contributed by atoms with van der Waals surface area (Å²) in [5, 5.41) is 14.0. The molecule has 0 saturated carbocycles. The second kappa shape index (κ2) is 9.86. The van der Waals surface area contributed by atoms with Crippen molar-refractivity contribution in [3.8, 4) is 0 Å². The Kier molecular flexibility index (Phi) is 8.53. The summed E-state index contributed by atoms with van der Waals surface area (Å²) in [7, 11) is 3.71. The number of nitrogens with zero attached hydrogens (tertiary/aromatic N) is 4. The van der Waals surface area contributed by atoms with Crippen LogP contribution in [0.4, 0.5) is 0 Å². The molecule has 0 unspecified atom stereocenters. The lowest BCUT2D eigenvalue weighted by Crippen LogP contribution is -2.37. The molecular weight excluding hydrogens is 423 g/mol. The van der Waals surface area contributed by atoms with Crippen LogP contribution in [0.25, 0.3) is 0 Å². The van der Waals surface area contributed by atoms with Crippen LogP contribution in [0.1, 0.15) is 36.0 Å². The Morgan fingerprint density at radius 2 is 2.17 bits per heavy atom. The molecule has 0 amide bonds. The van der Waals surface area contributed by atoms with Gasteiger partial charge >= 0.3 is 0 Å². The van der Waals surface area contributed by atoms with Crippen molar-refractivity contribution in [3.05, 3.63) is 34.0 Å². The van der Waals surface area contributed by atoms with Crippen molar-refractivity contribution in [1.29, 1.82) is 0 Å². The predicted molar refractivity (Wildman–Crippen MR) is 107 cm³/mol. The fourth-order valence-corrected chi connectivity index (χ4v) is 2.87. The number of aliphatic imine (C=N–C) groups is 1. The number of hydrogen-bond donors (Lipinski definition) is 2. The summed E-state index contributed by atoms with van der Waals surface area (Å²) >= 11 is 1.69. The number of rotatable bonds is 6. The van der Waals surface area contributed by atoms with E-state index in [1.807, 2.05) is 24.1 Å². The zero-order chi connectivity index (χ0) is 15.9. The second-order valence-corrected chi connectivity index (χ2v) is 6.39. The van der Waals surface area contributed by atoms with Crippen LogP contribution in [0.2, 0.25) is 0 Å². The van der Waals surface area contributed by atoms with Gasteiger partial charge in [-0.2, -0.15) is 5.10 Å². The summed E-state index contributed by atoms with van der Waals surface area (Å²) in [6, 6.07) is 0. The van der Waals surface area contributed by atoms with Crippen LogP contribution in [0.3, 0.4) is 0 Å². The number of guanidine groups is 1. The van der Waals surface area contributed by atoms with E-state index in [2.05, 4.69) is 44.9 Å².